The van der Waals surface area contributed by atoms with E-state index in [1.165, 1.54) is 24.6 Å². The Morgan fingerprint density at radius 3 is 2.32 bits per heavy atom. The summed E-state index contributed by atoms with van der Waals surface area (Å²) in [6, 6.07) is 18.1. The predicted molar refractivity (Wildman–Crippen MR) is 141 cm³/mol. The van der Waals surface area contributed by atoms with Gasteiger partial charge in [-0.2, -0.15) is 4.98 Å². The first kappa shape index (κ1) is 27.2. The monoisotopic (exact) mass is 583 g/mol. The maximum atomic E-state index is 13.2. The molecule has 2 aromatic carbocycles. The minimum atomic E-state index is -1.06. The number of esters is 2. The van der Waals surface area contributed by atoms with Crippen LogP contribution in [0.15, 0.2) is 71.7 Å². The summed E-state index contributed by atoms with van der Waals surface area (Å²) in [5.74, 6) is -1.37. The van der Waals surface area contributed by atoms with Crippen LogP contribution in [0.25, 0.3) is 0 Å². The fourth-order valence-electron chi connectivity index (χ4n) is 4.08. The highest BCUT2D eigenvalue weighted by molar-refractivity contribution is 9.09. The number of aromatic nitrogens is 2. The molecule has 3 aromatic rings. The van der Waals surface area contributed by atoms with Crippen molar-refractivity contribution in [1.29, 1.82) is 0 Å². The van der Waals surface area contributed by atoms with Gasteiger partial charge in [-0.05, 0) is 17.7 Å². The lowest BCUT2D eigenvalue weighted by molar-refractivity contribution is -0.153. The minimum Gasteiger partial charge on any atom is -0.463 e. The van der Waals surface area contributed by atoms with Crippen molar-refractivity contribution < 1.29 is 28.6 Å². The highest BCUT2D eigenvalue weighted by Gasteiger charge is 2.47. The van der Waals surface area contributed by atoms with Gasteiger partial charge in [0.1, 0.15) is 18.5 Å². The average Bonchev–Trinajstić information content (AvgIpc) is 3.19. The zero-order valence-electron chi connectivity index (χ0n) is 20.7. The Kier molecular flexibility index (Phi) is 8.70. The predicted octanol–water partition coefficient (Wildman–Crippen LogP) is 3.24. The number of nitrogens with one attached hydrogen (secondary N) is 1. The molecule has 2 heterocycles. The minimum absolute atomic E-state index is 0.107. The Bertz CT molecular complexity index is 1360. The van der Waals surface area contributed by atoms with Crippen molar-refractivity contribution in [2.45, 2.75) is 43.5 Å². The summed E-state index contributed by atoms with van der Waals surface area (Å²) in [5, 5.41) is 2.74. The molecule has 0 saturated carbocycles. The van der Waals surface area contributed by atoms with Crippen LogP contribution in [0, 0.1) is 0 Å². The smallest absolute Gasteiger partial charge is 0.351 e. The maximum absolute atomic E-state index is 13.2. The van der Waals surface area contributed by atoms with Crippen LogP contribution in [0.2, 0.25) is 0 Å². The maximum Gasteiger partial charge on any atom is 0.351 e. The van der Waals surface area contributed by atoms with Crippen LogP contribution < -0.4 is 11.0 Å². The second-order valence-electron chi connectivity index (χ2n) is 8.67. The number of benzene rings is 2. The van der Waals surface area contributed by atoms with Gasteiger partial charge in [0.15, 0.2) is 12.3 Å². The topological polar surface area (TPSA) is 126 Å². The summed E-state index contributed by atoms with van der Waals surface area (Å²) in [4.78, 5) is 52.9. The molecule has 11 heteroatoms. The van der Waals surface area contributed by atoms with E-state index in [0.29, 0.717) is 17.5 Å². The number of rotatable bonds is 8. The fourth-order valence-corrected chi connectivity index (χ4v) is 4.73. The van der Waals surface area contributed by atoms with E-state index in [2.05, 4.69) is 26.2 Å². The lowest BCUT2D eigenvalue weighted by Gasteiger charge is -2.23. The third kappa shape index (κ3) is 6.53. The molecule has 0 radical (unpaired) electrons. The molecule has 0 bridgehead atoms. The highest BCUT2D eigenvalue weighted by atomic mass is 79.9. The van der Waals surface area contributed by atoms with Crippen LogP contribution in [0.3, 0.4) is 0 Å². The lowest BCUT2D eigenvalue weighted by atomic mass is 10.1. The lowest BCUT2D eigenvalue weighted by Crippen LogP contribution is -2.37. The number of ether oxygens (including phenoxy) is 3. The summed E-state index contributed by atoms with van der Waals surface area (Å²) in [5.41, 5.74) is 1.15. The van der Waals surface area contributed by atoms with E-state index < -0.39 is 46.8 Å². The molecular weight excluding hydrogens is 558 g/mol. The van der Waals surface area contributed by atoms with E-state index in [1.807, 2.05) is 30.3 Å². The number of carbonyl (C=O) groups excluding carboxylic acids is 3. The number of amides is 1. The largest absolute Gasteiger partial charge is 0.463 e. The first-order chi connectivity index (χ1) is 18.2. The third-order valence-corrected chi connectivity index (χ3v) is 6.93. The molecule has 1 aliphatic heterocycles. The summed E-state index contributed by atoms with van der Waals surface area (Å²) in [6.45, 7) is 2.41. The molecule has 1 aliphatic rings. The van der Waals surface area contributed by atoms with Crippen molar-refractivity contribution in [2.24, 2.45) is 0 Å². The number of hydrogen-bond acceptors (Lipinski definition) is 8. The van der Waals surface area contributed by atoms with Crippen LogP contribution in [-0.4, -0.2) is 51.0 Å². The van der Waals surface area contributed by atoms with Gasteiger partial charge in [0.2, 0.25) is 0 Å². The van der Waals surface area contributed by atoms with E-state index >= 15 is 0 Å². The highest BCUT2D eigenvalue weighted by Crippen LogP contribution is 2.36. The number of nitrogens with zero attached hydrogens (tertiary/aromatic N) is 2. The first-order valence-electron chi connectivity index (χ1n) is 11.9. The number of hydrogen-bond donors (Lipinski definition) is 1. The Morgan fingerprint density at radius 2 is 1.68 bits per heavy atom. The standard InChI is InChI=1S/C27H26BrN3O7/c1-16(32)36-15-21-22(28)23(37-17(2)33)26(38-21)31-14-20(13-18-9-5-3-6-10-18)24(30-27(31)35)29-25(34)19-11-7-4-8-12-19/h3-12,14,21-23,26H,13,15H2,1-2H3,(H,29,30,34,35)/t21-,22+,23-,26-/m1/s1. The van der Waals surface area contributed by atoms with Crippen molar-refractivity contribution in [3.05, 3.63) is 94.0 Å². The zero-order valence-corrected chi connectivity index (χ0v) is 22.3. The zero-order chi connectivity index (χ0) is 27.2. The number of halogens is 1. The van der Waals surface area contributed by atoms with Gasteiger partial charge in [-0.1, -0.05) is 64.5 Å². The molecule has 4 rings (SSSR count). The molecular formula is C27H26BrN3O7. The summed E-state index contributed by atoms with van der Waals surface area (Å²) in [7, 11) is 0. The van der Waals surface area contributed by atoms with E-state index in [-0.39, 0.29) is 12.4 Å². The SMILES string of the molecule is CC(=O)OC[C@H]1O[C@@H](n2cc(Cc3ccccc3)c(NC(=O)c3ccccc3)nc2=O)[C@H](OC(C)=O)[C@H]1Br. The van der Waals surface area contributed by atoms with Crippen LogP contribution >= 0.6 is 15.9 Å². The summed E-state index contributed by atoms with van der Waals surface area (Å²) < 4.78 is 17.8. The Labute approximate surface area is 227 Å². The van der Waals surface area contributed by atoms with Crippen LogP contribution in [0.4, 0.5) is 5.82 Å². The molecule has 0 aliphatic carbocycles. The second kappa shape index (κ2) is 12.1. The van der Waals surface area contributed by atoms with Gasteiger partial charge in [-0.15, -0.1) is 0 Å². The van der Waals surface area contributed by atoms with Gasteiger partial charge < -0.3 is 19.5 Å². The molecule has 1 saturated heterocycles. The molecule has 0 unspecified atom stereocenters. The van der Waals surface area contributed by atoms with Crippen molar-refractivity contribution in [1.82, 2.24) is 9.55 Å². The van der Waals surface area contributed by atoms with Gasteiger partial charge in [-0.25, -0.2) is 4.79 Å². The fraction of sp³-hybridized carbons (Fsp3) is 0.296. The molecule has 1 amide bonds. The quantitative estimate of drug-likeness (QED) is 0.316. The Balaban J connectivity index is 1.72. The number of anilines is 1. The molecule has 4 atom stereocenters. The van der Waals surface area contributed by atoms with Gasteiger partial charge >= 0.3 is 17.6 Å². The van der Waals surface area contributed by atoms with E-state index in [4.69, 9.17) is 14.2 Å². The Morgan fingerprint density at radius 1 is 1.03 bits per heavy atom. The molecule has 0 spiro atoms. The molecule has 198 valence electrons. The summed E-state index contributed by atoms with van der Waals surface area (Å²) in [6.07, 6.45) is -0.787. The summed E-state index contributed by atoms with van der Waals surface area (Å²) >= 11 is 3.47. The van der Waals surface area contributed by atoms with Crippen molar-refractivity contribution >= 4 is 39.6 Å². The molecule has 38 heavy (non-hydrogen) atoms. The van der Waals surface area contributed by atoms with Crippen LogP contribution in [0.1, 0.15) is 41.6 Å². The van der Waals surface area contributed by atoms with E-state index in [9.17, 15) is 19.2 Å². The normalized spacial score (nSPS) is 20.5. The third-order valence-electron chi connectivity index (χ3n) is 5.82. The van der Waals surface area contributed by atoms with Gasteiger partial charge in [0.05, 0.1) is 4.83 Å². The first-order valence-corrected chi connectivity index (χ1v) is 12.8. The average molecular weight is 584 g/mol. The van der Waals surface area contributed by atoms with Crippen LogP contribution in [0.5, 0.6) is 0 Å². The van der Waals surface area contributed by atoms with E-state index in [0.717, 1.165) is 5.56 Å². The van der Waals surface area contributed by atoms with Crippen LogP contribution in [-0.2, 0) is 30.2 Å². The van der Waals surface area contributed by atoms with Crippen molar-refractivity contribution in [2.75, 3.05) is 11.9 Å². The second-order valence-corrected chi connectivity index (χ2v) is 9.73. The Hall–Kier alpha value is -3.83. The van der Waals surface area contributed by atoms with Crippen molar-refractivity contribution in [3.8, 4) is 0 Å². The van der Waals surface area contributed by atoms with Crippen molar-refractivity contribution in [3.63, 3.8) is 0 Å². The molecule has 1 N–H and O–H groups in total. The molecule has 10 nitrogen and oxygen atoms in total. The molecule has 1 aromatic heterocycles. The van der Waals surface area contributed by atoms with E-state index in [1.54, 1.807) is 30.3 Å². The molecule has 1 fully saturated rings. The van der Waals surface area contributed by atoms with Gasteiger partial charge in [-0.3, -0.25) is 19.0 Å². The number of alkyl halides is 1. The van der Waals surface area contributed by atoms with Gasteiger partial charge in [0, 0.05) is 37.6 Å². The number of carbonyl (C=O) groups is 3. The van der Waals surface area contributed by atoms with Gasteiger partial charge in [0.25, 0.3) is 5.91 Å².